The van der Waals surface area contributed by atoms with Gasteiger partial charge in [0, 0.05) is 11.6 Å². The van der Waals surface area contributed by atoms with Crippen molar-refractivity contribution >= 4 is 11.6 Å². The zero-order valence-electron chi connectivity index (χ0n) is 14.8. The third kappa shape index (κ3) is 4.63. The lowest BCUT2D eigenvalue weighted by Gasteiger charge is -2.16. The first-order valence-electron chi connectivity index (χ1n) is 8.57. The van der Waals surface area contributed by atoms with Gasteiger partial charge in [-0.15, -0.1) is 0 Å². The van der Waals surface area contributed by atoms with E-state index in [4.69, 9.17) is 10.5 Å². The lowest BCUT2D eigenvalue weighted by molar-refractivity contribution is 0.415. The average molecular weight is 345 g/mol. The van der Waals surface area contributed by atoms with Gasteiger partial charge in [-0.1, -0.05) is 60.7 Å². The molecule has 0 aliphatic rings. The molecule has 132 valence electrons. The fourth-order valence-corrected chi connectivity index (χ4v) is 2.83. The van der Waals surface area contributed by atoms with Gasteiger partial charge in [-0.2, -0.15) is 0 Å². The van der Waals surface area contributed by atoms with Crippen LogP contribution in [-0.4, -0.2) is 19.6 Å². The fourth-order valence-electron chi connectivity index (χ4n) is 2.83. The number of benzene rings is 3. The van der Waals surface area contributed by atoms with E-state index in [0.717, 1.165) is 11.4 Å². The van der Waals surface area contributed by atoms with Gasteiger partial charge < -0.3 is 15.8 Å². The van der Waals surface area contributed by atoms with E-state index in [-0.39, 0.29) is 5.92 Å². The third-order valence-corrected chi connectivity index (χ3v) is 4.21. The van der Waals surface area contributed by atoms with Gasteiger partial charge in [-0.3, -0.25) is 4.99 Å². The van der Waals surface area contributed by atoms with Gasteiger partial charge in [0.1, 0.15) is 5.75 Å². The van der Waals surface area contributed by atoms with Gasteiger partial charge in [0.05, 0.1) is 13.7 Å². The van der Waals surface area contributed by atoms with Crippen LogP contribution in [0.15, 0.2) is 89.9 Å². The van der Waals surface area contributed by atoms with Crippen molar-refractivity contribution in [1.29, 1.82) is 0 Å². The second kappa shape index (κ2) is 8.72. The molecule has 4 heteroatoms. The zero-order chi connectivity index (χ0) is 18.2. The first-order chi connectivity index (χ1) is 12.8. The molecule has 0 aliphatic heterocycles. The van der Waals surface area contributed by atoms with E-state index in [0.29, 0.717) is 12.5 Å². The number of nitrogens with two attached hydrogens (primary N) is 1. The summed E-state index contributed by atoms with van der Waals surface area (Å²) in [4.78, 5) is 4.57. The highest BCUT2D eigenvalue weighted by Crippen LogP contribution is 2.24. The standard InChI is InChI=1S/C22H23N3O/c1-26-20-14-12-19(13-15-20)25-22(23)24-16-21(17-8-4-2-5-9-17)18-10-6-3-7-11-18/h2-15,21H,16H2,1H3,(H3,23,24,25). The van der Waals surface area contributed by atoms with Gasteiger partial charge in [-0.05, 0) is 35.4 Å². The first-order valence-corrected chi connectivity index (χ1v) is 8.57. The van der Waals surface area contributed by atoms with E-state index in [2.05, 4.69) is 34.6 Å². The van der Waals surface area contributed by atoms with Crippen molar-refractivity contribution in [3.05, 3.63) is 96.1 Å². The Labute approximate surface area is 154 Å². The quantitative estimate of drug-likeness (QED) is 0.518. The molecule has 0 atom stereocenters. The lowest BCUT2D eigenvalue weighted by Crippen LogP contribution is -2.23. The topological polar surface area (TPSA) is 59.6 Å². The summed E-state index contributed by atoms with van der Waals surface area (Å²) in [5, 5.41) is 3.12. The van der Waals surface area contributed by atoms with E-state index in [9.17, 15) is 0 Å². The number of anilines is 1. The van der Waals surface area contributed by atoms with Crippen molar-refractivity contribution in [3.63, 3.8) is 0 Å². The van der Waals surface area contributed by atoms with E-state index in [1.54, 1.807) is 7.11 Å². The minimum absolute atomic E-state index is 0.161. The predicted molar refractivity (Wildman–Crippen MR) is 108 cm³/mol. The number of rotatable bonds is 6. The number of nitrogens with one attached hydrogen (secondary N) is 1. The number of hydrogen-bond acceptors (Lipinski definition) is 2. The van der Waals surface area contributed by atoms with Gasteiger partial charge in [-0.25, -0.2) is 0 Å². The molecule has 3 aromatic rings. The molecule has 26 heavy (non-hydrogen) atoms. The van der Waals surface area contributed by atoms with Crippen LogP contribution >= 0.6 is 0 Å². The second-order valence-electron chi connectivity index (χ2n) is 5.95. The zero-order valence-corrected chi connectivity index (χ0v) is 14.8. The summed E-state index contributed by atoms with van der Waals surface area (Å²) < 4.78 is 5.16. The number of aliphatic imine (C=N–C) groups is 1. The van der Waals surface area contributed by atoms with Crippen LogP contribution in [0.25, 0.3) is 0 Å². The minimum atomic E-state index is 0.161. The number of hydrogen-bond donors (Lipinski definition) is 2. The van der Waals surface area contributed by atoms with Crippen molar-refractivity contribution in [2.75, 3.05) is 19.0 Å². The summed E-state index contributed by atoms with van der Waals surface area (Å²) >= 11 is 0. The van der Waals surface area contributed by atoms with Gasteiger partial charge in [0.15, 0.2) is 5.96 Å². The van der Waals surface area contributed by atoms with Crippen LogP contribution in [0, 0.1) is 0 Å². The summed E-state index contributed by atoms with van der Waals surface area (Å²) in [6.45, 7) is 0.572. The second-order valence-corrected chi connectivity index (χ2v) is 5.95. The van der Waals surface area contributed by atoms with E-state index >= 15 is 0 Å². The van der Waals surface area contributed by atoms with Crippen LogP contribution in [0.1, 0.15) is 17.0 Å². The Hall–Kier alpha value is -3.27. The van der Waals surface area contributed by atoms with Crippen molar-refractivity contribution in [1.82, 2.24) is 0 Å². The highest BCUT2D eigenvalue weighted by molar-refractivity contribution is 5.92. The molecule has 4 nitrogen and oxygen atoms in total. The molecule has 0 amide bonds. The molecule has 3 rings (SSSR count). The van der Waals surface area contributed by atoms with Crippen LogP contribution in [0.2, 0.25) is 0 Å². The molecule has 0 aliphatic carbocycles. The Morgan fingerprint density at radius 2 is 1.42 bits per heavy atom. The van der Waals surface area contributed by atoms with E-state index < -0.39 is 0 Å². The van der Waals surface area contributed by atoms with Crippen molar-refractivity contribution in [2.45, 2.75) is 5.92 Å². The first kappa shape index (κ1) is 17.5. The SMILES string of the molecule is COc1ccc(NC(N)=NCC(c2ccccc2)c2ccccc2)cc1. The van der Waals surface area contributed by atoms with Crippen molar-refractivity contribution in [2.24, 2.45) is 10.7 Å². The molecule has 0 spiro atoms. The maximum Gasteiger partial charge on any atom is 0.193 e. The number of methoxy groups -OCH3 is 1. The van der Waals surface area contributed by atoms with Gasteiger partial charge in [0.2, 0.25) is 0 Å². The molecule has 0 bridgehead atoms. The Kier molecular flexibility index (Phi) is 5.88. The lowest BCUT2D eigenvalue weighted by atomic mass is 9.91. The molecule has 0 unspecified atom stereocenters. The molecule has 0 saturated heterocycles. The monoisotopic (exact) mass is 345 g/mol. The summed E-state index contributed by atoms with van der Waals surface area (Å²) in [6.07, 6.45) is 0. The molecule has 0 heterocycles. The minimum Gasteiger partial charge on any atom is -0.497 e. The summed E-state index contributed by atoms with van der Waals surface area (Å²) in [5.74, 6) is 1.36. The number of guanidine groups is 1. The molecular formula is C22H23N3O. The Morgan fingerprint density at radius 3 is 1.92 bits per heavy atom. The summed E-state index contributed by atoms with van der Waals surface area (Å²) in [6, 6.07) is 28.3. The molecule has 0 radical (unpaired) electrons. The van der Waals surface area contributed by atoms with Crippen LogP contribution < -0.4 is 15.8 Å². The third-order valence-electron chi connectivity index (χ3n) is 4.21. The molecular weight excluding hydrogens is 322 g/mol. The number of ether oxygens (including phenoxy) is 1. The maximum absolute atomic E-state index is 6.09. The summed E-state index contributed by atoms with van der Waals surface area (Å²) in [5.41, 5.74) is 9.41. The van der Waals surface area contributed by atoms with Crippen molar-refractivity contribution in [3.8, 4) is 5.75 Å². The molecule has 3 N–H and O–H groups in total. The van der Waals surface area contributed by atoms with Crippen LogP contribution in [0.5, 0.6) is 5.75 Å². The molecule has 3 aromatic carbocycles. The average Bonchev–Trinajstić information content (AvgIpc) is 2.70. The highest BCUT2D eigenvalue weighted by atomic mass is 16.5. The number of nitrogens with zero attached hydrogens (tertiary/aromatic N) is 1. The largest absolute Gasteiger partial charge is 0.497 e. The van der Waals surface area contributed by atoms with Crippen molar-refractivity contribution < 1.29 is 4.74 Å². The Morgan fingerprint density at radius 1 is 0.885 bits per heavy atom. The van der Waals surface area contributed by atoms with E-state index in [1.165, 1.54) is 11.1 Å². The predicted octanol–water partition coefficient (Wildman–Crippen LogP) is 4.25. The maximum atomic E-state index is 6.09. The molecule has 0 fully saturated rings. The van der Waals surface area contributed by atoms with Gasteiger partial charge >= 0.3 is 0 Å². The van der Waals surface area contributed by atoms with Crippen LogP contribution in [-0.2, 0) is 0 Å². The van der Waals surface area contributed by atoms with Gasteiger partial charge in [0.25, 0.3) is 0 Å². The normalized spacial score (nSPS) is 11.4. The molecule has 0 saturated carbocycles. The summed E-state index contributed by atoms with van der Waals surface area (Å²) in [7, 11) is 1.64. The highest BCUT2D eigenvalue weighted by Gasteiger charge is 2.13. The smallest absolute Gasteiger partial charge is 0.193 e. The van der Waals surface area contributed by atoms with Crippen LogP contribution in [0.4, 0.5) is 5.69 Å². The Balaban J connectivity index is 1.75. The van der Waals surface area contributed by atoms with Crippen LogP contribution in [0.3, 0.4) is 0 Å². The molecule has 0 aromatic heterocycles. The fraction of sp³-hybridized carbons (Fsp3) is 0.136. The van der Waals surface area contributed by atoms with E-state index in [1.807, 2.05) is 60.7 Å². The Bertz CT molecular complexity index is 791.